The minimum absolute atomic E-state index is 0.231. The Labute approximate surface area is 125 Å². The maximum atomic E-state index is 11.8. The molecule has 1 aromatic carbocycles. The minimum Gasteiger partial charge on any atom is -0.423 e. The lowest BCUT2D eigenvalue weighted by Crippen LogP contribution is -3.12. The second-order valence-electron chi connectivity index (χ2n) is 6.65. The van der Waals surface area contributed by atoms with Crippen LogP contribution in [-0.4, -0.2) is 13.1 Å². The third-order valence-electron chi connectivity index (χ3n) is 4.75. The fourth-order valence-corrected chi connectivity index (χ4v) is 3.46. The lowest BCUT2D eigenvalue weighted by Gasteiger charge is -2.28. The van der Waals surface area contributed by atoms with Crippen LogP contribution in [0, 0.1) is 19.8 Å². The van der Waals surface area contributed by atoms with E-state index < -0.39 is 0 Å². The maximum Gasteiger partial charge on any atom is 0.336 e. The summed E-state index contributed by atoms with van der Waals surface area (Å²) in [4.78, 5) is 13.4. The van der Waals surface area contributed by atoms with Gasteiger partial charge in [0, 0.05) is 22.9 Å². The van der Waals surface area contributed by atoms with E-state index in [0.29, 0.717) is 0 Å². The Hall–Kier alpha value is -1.61. The highest BCUT2D eigenvalue weighted by atomic mass is 16.4. The summed E-state index contributed by atoms with van der Waals surface area (Å²) >= 11 is 0. The van der Waals surface area contributed by atoms with Crippen LogP contribution in [0.4, 0.5) is 0 Å². The Morgan fingerprint density at radius 1 is 1.24 bits per heavy atom. The standard InChI is InChI=1S/C18H23NO2/c1-12-5-4-6-19(10-12)11-15-9-18(20)21-17-8-14(3)13(2)7-16(15)17/h7-9,12H,4-6,10-11H2,1-3H3/p+1/t12-/m0/s1. The molecule has 1 saturated heterocycles. The van der Waals surface area contributed by atoms with E-state index in [1.807, 2.05) is 6.07 Å². The number of hydrogen-bond acceptors (Lipinski definition) is 2. The van der Waals surface area contributed by atoms with E-state index in [4.69, 9.17) is 4.42 Å². The molecule has 1 unspecified atom stereocenters. The molecular formula is C18H24NO2+. The van der Waals surface area contributed by atoms with Gasteiger partial charge in [0.1, 0.15) is 12.1 Å². The molecule has 0 aliphatic carbocycles. The van der Waals surface area contributed by atoms with Gasteiger partial charge in [-0.2, -0.15) is 0 Å². The predicted octanol–water partition coefficient (Wildman–Crippen LogP) is 2.22. The summed E-state index contributed by atoms with van der Waals surface area (Å²) in [5.74, 6) is 0.782. The van der Waals surface area contributed by atoms with E-state index in [0.717, 1.165) is 29.0 Å². The number of benzene rings is 1. The van der Waals surface area contributed by atoms with Gasteiger partial charge in [-0.3, -0.25) is 0 Å². The molecule has 3 nitrogen and oxygen atoms in total. The first-order valence-corrected chi connectivity index (χ1v) is 7.90. The number of likely N-dealkylation sites (tertiary alicyclic amines) is 1. The zero-order valence-corrected chi connectivity index (χ0v) is 13.2. The Morgan fingerprint density at radius 3 is 2.76 bits per heavy atom. The van der Waals surface area contributed by atoms with Gasteiger partial charge in [0.2, 0.25) is 0 Å². The first-order valence-electron chi connectivity index (χ1n) is 7.90. The molecule has 1 aliphatic rings. The Morgan fingerprint density at radius 2 is 2.00 bits per heavy atom. The number of aryl methyl sites for hydroxylation is 2. The zero-order chi connectivity index (χ0) is 15.0. The van der Waals surface area contributed by atoms with E-state index in [2.05, 4.69) is 26.8 Å². The molecule has 1 aliphatic heterocycles. The van der Waals surface area contributed by atoms with Crippen molar-refractivity contribution in [3.05, 3.63) is 45.3 Å². The van der Waals surface area contributed by atoms with Crippen molar-refractivity contribution in [3.8, 4) is 0 Å². The molecular weight excluding hydrogens is 262 g/mol. The zero-order valence-electron chi connectivity index (χ0n) is 13.2. The van der Waals surface area contributed by atoms with E-state index in [9.17, 15) is 4.79 Å². The van der Waals surface area contributed by atoms with Gasteiger partial charge in [0.05, 0.1) is 13.1 Å². The highest BCUT2D eigenvalue weighted by Gasteiger charge is 2.21. The molecule has 1 fully saturated rings. The average molecular weight is 286 g/mol. The molecule has 112 valence electrons. The van der Waals surface area contributed by atoms with Crippen molar-refractivity contribution in [2.24, 2.45) is 5.92 Å². The molecule has 0 bridgehead atoms. The van der Waals surface area contributed by atoms with E-state index in [-0.39, 0.29) is 5.63 Å². The molecule has 0 amide bonds. The first-order chi connectivity index (χ1) is 10.0. The predicted molar refractivity (Wildman–Crippen MR) is 84.8 cm³/mol. The van der Waals surface area contributed by atoms with Crippen molar-refractivity contribution >= 4 is 11.0 Å². The molecule has 0 spiro atoms. The quantitative estimate of drug-likeness (QED) is 0.859. The highest BCUT2D eigenvalue weighted by Crippen LogP contribution is 2.21. The van der Waals surface area contributed by atoms with Crippen LogP contribution in [0.2, 0.25) is 0 Å². The van der Waals surface area contributed by atoms with Gasteiger partial charge in [-0.05, 0) is 49.9 Å². The third kappa shape index (κ3) is 3.03. The summed E-state index contributed by atoms with van der Waals surface area (Å²) in [5.41, 5.74) is 4.05. The smallest absolute Gasteiger partial charge is 0.336 e. The SMILES string of the molecule is Cc1cc2oc(=O)cc(C[NH+]3CCC[C@H](C)C3)c2cc1C. The number of fused-ring (bicyclic) bond motifs is 1. The van der Waals surface area contributed by atoms with Crippen LogP contribution in [0.3, 0.4) is 0 Å². The van der Waals surface area contributed by atoms with Gasteiger partial charge >= 0.3 is 5.63 Å². The van der Waals surface area contributed by atoms with Crippen LogP contribution in [0.15, 0.2) is 27.4 Å². The summed E-state index contributed by atoms with van der Waals surface area (Å²) in [5, 5.41) is 1.10. The molecule has 2 aromatic rings. The summed E-state index contributed by atoms with van der Waals surface area (Å²) in [6.07, 6.45) is 2.62. The van der Waals surface area contributed by atoms with Gasteiger partial charge in [-0.1, -0.05) is 6.92 Å². The van der Waals surface area contributed by atoms with Crippen LogP contribution in [0.1, 0.15) is 36.5 Å². The molecule has 0 saturated carbocycles. The fraction of sp³-hybridized carbons (Fsp3) is 0.500. The van der Waals surface area contributed by atoms with Gasteiger partial charge in [-0.15, -0.1) is 0 Å². The van der Waals surface area contributed by atoms with Crippen LogP contribution in [-0.2, 0) is 6.54 Å². The van der Waals surface area contributed by atoms with Crippen LogP contribution in [0.5, 0.6) is 0 Å². The molecule has 21 heavy (non-hydrogen) atoms. The van der Waals surface area contributed by atoms with Gasteiger partial charge in [0.15, 0.2) is 0 Å². The summed E-state index contributed by atoms with van der Waals surface area (Å²) in [7, 11) is 0. The van der Waals surface area contributed by atoms with E-state index in [1.54, 1.807) is 11.0 Å². The molecule has 0 radical (unpaired) electrons. The van der Waals surface area contributed by atoms with Gasteiger partial charge in [0.25, 0.3) is 0 Å². The molecule has 2 heterocycles. The van der Waals surface area contributed by atoms with E-state index in [1.165, 1.54) is 37.1 Å². The number of nitrogens with one attached hydrogen (secondary N) is 1. The van der Waals surface area contributed by atoms with Crippen molar-refractivity contribution in [2.45, 2.75) is 40.2 Å². The average Bonchev–Trinajstić information content (AvgIpc) is 2.41. The van der Waals surface area contributed by atoms with Gasteiger partial charge < -0.3 is 9.32 Å². The molecule has 1 N–H and O–H groups in total. The summed E-state index contributed by atoms with van der Waals surface area (Å²) < 4.78 is 5.38. The third-order valence-corrected chi connectivity index (χ3v) is 4.75. The normalized spacial score (nSPS) is 22.6. The molecule has 1 aromatic heterocycles. The monoisotopic (exact) mass is 286 g/mol. The fourth-order valence-electron chi connectivity index (χ4n) is 3.46. The van der Waals surface area contributed by atoms with Crippen molar-refractivity contribution in [2.75, 3.05) is 13.1 Å². The second kappa shape index (κ2) is 5.64. The van der Waals surface area contributed by atoms with Crippen LogP contribution < -0.4 is 10.5 Å². The highest BCUT2D eigenvalue weighted by molar-refractivity contribution is 5.81. The number of hydrogen-bond donors (Lipinski definition) is 1. The molecule has 2 atom stereocenters. The van der Waals surface area contributed by atoms with Crippen LogP contribution >= 0.6 is 0 Å². The van der Waals surface area contributed by atoms with Crippen molar-refractivity contribution in [1.82, 2.24) is 0 Å². The minimum atomic E-state index is -0.231. The molecule has 3 heteroatoms. The van der Waals surface area contributed by atoms with Crippen molar-refractivity contribution < 1.29 is 9.32 Å². The molecule has 3 rings (SSSR count). The Balaban J connectivity index is 2.00. The summed E-state index contributed by atoms with van der Waals surface area (Å²) in [6, 6.07) is 5.84. The number of rotatable bonds is 2. The second-order valence-corrected chi connectivity index (χ2v) is 6.65. The first kappa shape index (κ1) is 14.3. The van der Waals surface area contributed by atoms with Crippen LogP contribution in [0.25, 0.3) is 11.0 Å². The Bertz CT molecular complexity index is 717. The number of quaternary nitrogens is 1. The van der Waals surface area contributed by atoms with Crippen molar-refractivity contribution in [3.63, 3.8) is 0 Å². The largest absolute Gasteiger partial charge is 0.423 e. The lowest BCUT2D eigenvalue weighted by atomic mass is 9.98. The summed E-state index contributed by atoms with van der Waals surface area (Å²) in [6.45, 7) is 9.82. The van der Waals surface area contributed by atoms with E-state index >= 15 is 0 Å². The maximum absolute atomic E-state index is 11.8. The lowest BCUT2D eigenvalue weighted by molar-refractivity contribution is -0.922. The topological polar surface area (TPSA) is 34.6 Å². The Kier molecular flexibility index (Phi) is 3.85. The van der Waals surface area contributed by atoms with Gasteiger partial charge in [-0.25, -0.2) is 4.79 Å². The van der Waals surface area contributed by atoms with Crippen molar-refractivity contribution in [1.29, 1.82) is 0 Å². The number of piperidine rings is 1.